The van der Waals surface area contributed by atoms with Gasteiger partial charge in [-0.15, -0.1) is 0 Å². The molecule has 0 saturated carbocycles. The van der Waals surface area contributed by atoms with Gasteiger partial charge in [-0.25, -0.2) is 4.57 Å². The van der Waals surface area contributed by atoms with E-state index >= 15 is 0 Å². The van der Waals surface area contributed by atoms with Crippen LogP contribution in [0.2, 0.25) is 0 Å². The molecule has 112 valence electrons. The monoisotopic (exact) mass is 328 g/mol. The molecule has 2 aromatic carbocycles. The topological polar surface area (TPSA) is 54.0 Å². The smallest absolute Gasteiger partial charge is 0.493 e. The van der Waals surface area contributed by atoms with Gasteiger partial charge in [-0.1, -0.05) is 24.3 Å². The first-order chi connectivity index (χ1) is 10.1. The van der Waals surface area contributed by atoms with Crippen molar-refractivity contribution in [2.24, 2.45) is 0 Å². The molecule has 0 spiro atoms. The number of hydrogen-bond donors (Lipinski definition) is 0. The van der Waals surface area contributed by atoms with Crippen LogP contribution in [0.3, 0.4) is 0 Å². The van der Waals surface area contributed by atoms with Crippen LogP contribution < -0.4 is 18.5 Å². The third kappa shape index (κ3) is 4.06. The van der Waals surface area contributed by atoms with Gasteiger partial charge in [-0.2, -0.15) is 0 Å². The van der Waals surface area contributed by atoms with Crippen LogP contribution in [-0.2, 0) is 4.57 Å². The Bertz CT molecular complexity index is 608. The van der Waals surface area contributed by atoms with Crippen molar-refractivity contribution >= 4 is 18.2 Å². The zero-order valence-corrected chi connectivity index (χ0v) is 13.1. The Morgan fingerprint density at radius 1 is 0.762 bits per heavy atom. The van der Waals surface area contributed by atoms with Gasteiger partial charge in [-0.3, -0.25) is 0 Å². The highest BCUT2D eigenvalue weighted by atomic mass is 35.7. The van der Waals surface area contributed by atoms with Crippen LogP contribution in [0.15, 0.2) is 48.5 Å². The molecule has 0 aliphatic rings. The van der Waals surface area contributed by atoms with Gasteiger partial charge in [0, 0.05) is 11.2 Å². The van der Waals surface area contributed by atoms with Gasteiger partial charge < -0.3 is 18.5 Å². The molecule has 5 nitrogen and oxygen atoms in total. The van der Waals surface area contributed by atoms with Crippen LogP contribution in [0.5, 0.6) is 23.0 Å². The molecule has 7 heteroatoms. The summed E-state index contributed by atoms with van der Waals surface area (Å²) in [7, 11) is 2.95. The minimum absolute atomic E-state index is 0.230. The minimum Gasteiger partial charge on any atom is -0.493 e. The molecule has 0 aliphatic heterocycles. The first-order valence-electron chi connectivity index (χ1n) is 6.00. The Kier molecular flexibility index (Phi) is 4.99. The van der Waals surface area contributed by atoms with Gasteiger partial charge in [0.1, 0.15) is 0 Å². The molecule has 0 aliphatic carbocycles. The van der Waals surface area contributed by atoms with Crippen molar-refractivity contribution in [3.63, 3.8) is 0 Å². The summed E-state index contributed by atoms with van der Waals surface area (Å²) >= 11 is 5.86. The summed E-state index contributed by atoms with van der Waals surface area (Å²) < 4.78 is 33.0. The highest BCUT2D eigenvalue weighted by Gasteiger charge is 2.27. The summed E-state index contributed by atoms with van der Waals surface area (Å²) in [5.74, 6) is 1.27. The molecule has 0 heterocycles. The molecule has 0 radical (unpaired) electrons. The number of hydrogen-bond acceptors (Lipinski definition) is 5. The number of benzene rings is 2. The van der Waals surface area contributed by atoms with Crippen molar-refractivity contribution in [1.82, 2.24) is 0 Å². The number of para-hydroxylation sites is 4. The second-order valence-corrected chi connectivity index (χ2v) is 6.38. The van der Waals surface area contributed by atoms with Gasteiger partial charge in [0.2, 0.25) is 0 Å². The predicted octanol–water partition coefficient (Wildman–Crippen LogP) is 4.51. The van der Waals surface area contributed by atoms with E-state index in [0.29, 0.717) is 11.5 Å². The summed E-state index contributed by atoms with van der Waals surface area (Å²) in [6.07, 6.45) is 0. The van der Waals surface area contributed by atoms with Gasteiger partial charge in [0.25, 0.3) is 0 Å². The van der Waals surface area contributed by atoms with Crippen LogP contribution in [-0.4, -0.2) is 14.2 Å². The van der Waals surface area contributed by atoms with Crippen molar-refractivity contribution in [1.29, 1.82) is 0 Å². The Morgan fingerprint density at radius 2 is 1.10 bits per heavy atom. The zero-order chi connectivity index (χ0) is 15.3. The van der Waals surface area contributed by atoms with Crippen LogP contribution in [0, 0.1) is 0 Å². The quantitative estimate of drug-likeness (QED) is 0.730. The molecule has 0 aromatic heterocycles. The van der Waals surface area contributed by atoms with Gasteiger partial charge >= 0.3 is 6.95 Å². The summed E-state index contributed by atoms with van der Waals surface area (Å²) in [4.78, 5) is 0. The van der Waals surface area contributed by atoms with E-state index in [4.69, 9.17) is 29.8 Å². The lowest BCUT2D eigenvalue weighted by Crippen LogP contribution is -1.98. The Labute approximate surface area is 127 Å². The van der Waals surface area contributed by atoms with E-state index in [0.717, 1.165) is 0 Å². The van der Waals surface area contributed by atoms with Crippen LogP contribution in [0.1, 0.15) is 0 Å². The summed E-state index contributed by atoms with van der Waals surface area (Å²) in [6, 6.07) is 13.4. The highest BCUT2D eigenvalue weighted by Crippen LogP contribution is 2.55. The summed E-state index contributed by atoms with van der Waals surface area (Å²) in [5, 5.41) is 0. The molecule has 0 unspecified atom stereocenters. The number of halogens is 1. The molecule has 21 heavy (non-hydrogen) atoms. The van der Waals surface area contributed by atoms with E-state index in [1.165, 1.54) is 14.2 Å². The van der Waals surface area contributed by atoms with Crippen molar-refractivity contribution in [3.05, 3.63) is 48.5 Å². The van der Waals surface area contributed by atoms with E-state index in [1.54, 1.807) is 48.5 Å². The molecule has 2 aromatic rings. The Hall–Kier alpha value is -1.84. The van der Waals surface area contributed by atoms with Crippen LogP contribution in [0.25, 0.3) is 0 Å². The standard InChI is InChI=1S/C14H14ClO5P/c1-17-11-7-3-5-9-13(11)19-21(15,16)20-14-10-6-4-8-12(14)18-2/h3-10H,1-2H3. The normalized spacial score (nSPS) is 10.8. The maximum atomic E-state index is 12.3. The fourth-order valence-corrected chi connectivity index (χ4v) is 2.90. The summed E-state index contributed by atoms with van der Waals surface area (Å²) in [5.41, 5.74) is 0. The molecule has 0 amide bonds. The molecular formula is C14H14ClO5P. The van der Waals surface area contributed by atoms with E-state index in [-0.39, 0.29) is 11.5 Å². The summed E-state index contributed by atoms with van der Waals surface area (Å²) in [6.45, 7) is -3.90. The lowest BCUT2D eigenvalue weighted by molar-refractivity contribution is 0.357. The molecule has 0 bridgehead atoms. The fourth-order valence-electron chi connectivity index (χ4n) is 1.64. The first-order valence-corrected chi connectivity index (χ1v) is 8.45. The average molecular weight is 329 g/mol. The number of rotatable bonds is 6. The van der Waals surface area contributed by atoms with Crippen LogP contribution in [0.4, 0.5) is 0 Å². The van der Waals surface area contributed by atoms with E-state index in [9.17, 15) is 4.57 Å². The molecule has 0 saturated heterocycles. The maximum absolute atomic E-state index is 12.3. The van der Waals surface area contributed by atoms with E-state index in [1.807, 2.05) is 0 Å². The molecule has 2 rings (SSSR count). The molecule has 0 N–H and O–H groups in total. The molecular weight excluding hydrogens is 315 g/mol. The zero-order valence-electron chi connectivity index (χ0n) is 11.5. The van der Waals surface area contributed by atoms with Gasteiger partial charge in [-0.05, 0) is 24.3 Å². The Balaban J connectivity index is 2.20. The van der Waals surface area contributed by atoms with Crippen molar-refractivity contribution < 1.29 is 23.1 Å². The highest BCUT2D eigenvalue weighted by molar-refractivity contribution is 7.82. The third-order valence-electron chi connectivity index (χ3n) is 2.55. The van der Waals surface area contributed by atoms with Crippen LogP contribution >= 0.6 is 18.2 Å². The fraction of sp³-hybridized carbons (Fsp3) is 0.143. The SMILES string of the molecule is COc1ccccc1OP(=O)(Cl)Oc1ccccc1OC. The van der Waals surface area contributed by atoms with Crippen molar-refractivity contribution in [3.8, 4) is 23.0 Å². The Morgan fingerprint density at radius 3 is 1.43 bits per heavy atom. The first kappa shape index (κ1) is 15.5. The lowest BCUT2D eigenvalue weighted by atomic mass is 10.3. The maximum Gasteiger partial charge on any atom is 0.530 e. The minimum atomic E-state index is -3.90. The third-order valence-corrected chi connectivity index (χ3v) is 3.80. The molecule has 0 fully saturated rings. The second-order valence-electron chi connectivity index (χ2n) is 3.91. The van der Waals surface area contributed by atoms with E-state index in [2.05, 4.69) is 0 Å². The second kappa shape index (κ2) is 6.74. The number of methoxy groups -OCH3 is 2. The number of ether oxygens (including phenoxy) is 2. The van der Waals surface area contributed by atoms with Gasteiger partial charge in [0.05, 0.1) is 14.2 Å². The largest absolute Gasteiger partial charge is 0.530 e. The average Bonchev–Trinajstić information content (AvgIpc) is 2.47. The van der Waals surface area contributed by atoms with Gasteiger partial charge in [0.15, 0.2) is 23.0 Å². The molecule has 0 atom stereocenters. The van der Waals surface area contributed by atoms with Crippen molar-refractivity contribution in [2.75, 3.05) is 14.2 Å². The lowest BCUT2D eigenvalue weighted by Gasteiger charge is -2.16. The van der Waals surface area contributed by atoms with Crippen molar-refractivity contribution in [2.45, 2.75) is 0 Å². The predicted molar refractivity (Wildman–Crippen MR) is 80.7 cm³/mol. The van der Waals surface area contributed by atoms with E-state index < -0.39 is 6.95 Å².